The van der Waals surface area contributed by atoms with Crippen LogP contribution in [0, 0.1) is 11.6 Å². The highest BCUT2D eigenvalue weighted by molar-refractivity contribution is 6.31. The Kier molecular flexibility index (Phi) is 4.84. The summed E-state index contributed by atoms with van der Waals surface area (Å²) >= 11 is 5.60. The zero-order valence-corrected chi connectivity index (χ0v) is 9.93. The summed E-state index contributed by atoms with van der Waals surface area (Å²) in [7, 11) is 0. The maximum atomic E-state index is 13.4. The van der Waals surface area contributed by atoms with Crippen LogP contribution < -0.4 is 5.73 Å². The van der Waals surface area contributed by atoms with Crippen molar-refractivity contribution in [2.24, 2.45) is 5.73 Å². The minimum Gasteiger partial charge on any atom is -0.465 e. The molecule has 0 heterocycles. The molecule has 1 aromatic rings. The van der Waals surface area contributed by atoms with Crippen LogP contribution in [0.25, 0.3) is 0 Å². The summed E-state index contributed by atoms with van der Waals surface area (Å²) < 4.78 is 31.1. The Morgan fingerprint density at radius 2 is 2.06 bits per heavy atom. The Morgan fingerprint density at radius 1 is 1.47 bits per heavy atom. The van der Waals surface area contributed by atoms with Crippen molar-refractivity contribution in [2.45, 2.75) is 19.4 Å². The molecule has 0 spiro atoms. The largest absolute Gasteiger partial charge is 0.465 e. The van der Waals surface area contributed by atoms with Crippen molar-refractivity contribution in [1.29, 1.82) is 0 Å². The summed E-state index contributed by atoms with van der Waals surface area (Å²) in [4.78, 5) is 11.2. The molecule has 1 aromatic carbocycles. The molecular formula is C11H12ClF2NO2. The molecule has 2 N–H and O–H groups in total. The summed E-state index contributed by atoms with van der Waals surface area (Å²) in [5.41, 5.74) is 5.38. The fourth-order valence-electron chi connectivity index (χ4n) is 1.31. The topological polar surface area (TPSA) is 52.3 Å². The van der Waals surface area contributed by atoms with E-state index in [9.17, 15) is 13.6 Å². The molecule has 3 nitrogen and oxygen atoms in total. The number of hydrogen-bond donors (Lipinski definition) is 1. The summed E-state index contributed by atoms with van der Waals surface area (Å²) in [6.07, 6.45) is -0.207. The van der Waals surface area contributed by atoms with Crippen LogP contribution in [0.15, 0.2) is 12.1 Å². The van der Waals surface area contributed by atoms with E-state index in [-0.39, 0.29) is 23.6 Å². The van der Waals surface area contributed by atoms with Gasteiger partial charge < -0.3 is 10.5 Å². The average molecular weight is 264 g/mol. The van der Waals surface area contributed by atoms with E-state index < -0.39 is 23.6 Å². The molecule has 0 aliphatic rings. The van der Waals surface area contributed by atoms with Crippen LogP contribution in [-0.4, -0.2) is 18.6 Å². The van der Waals surface area contributed by atoms with E-state index in [1.165, 1.54) is 0 Å². The Morgan fingerprint density at radius 3 is 2.65 bits per heavy atom. The van der Waals surface area contributed by atoms with Gasteiger partial charge in [0.2, 0.25) is 0 Å². The summed E-state index contributed by atoms with van der Waals surface area (Å²) in [6.45, 7) is 1.80. The van der Waals surface area contributed by atoms with Crippen LogP contribution in [0.1, 0.15) is 12.5 Å². The van der Waals surface area contributed by atoms with Crippen LogP contribution in [-0.2, 0) is 16.0 Å². The SMILES string of the molecule is CCOC(=O)C(N)Cc1c(F)ccc(F)c1Cl. The van der Waals surface area contributed by atoms with Crippen LogP contribution in [0.3, 0.4) is 0 Å². The lowest BCUT2D eigenvalue weighted by Crippen LogP contribution is -2.34. The second-order valence-electron chi connectivity index (χ2n) is 3.38. The highest BCUT2D eigenvalue weighted by atomic mass is 35.5. The third-order valence-electron chi connectivity index (χ3n) is 2.15. The second-order valence-corrected chi connectivity index (χ2v) is 3.76. The molecule has 1 rings (SSSR count). The van der Waals surface area contributed by atoms with Gasteiger partial charge in [-0.15, -0.1) is 0 Å². The fraction of sp³-hybridized carbons (Fsp3) is 0.364. The lowest BCUT2D eigenvalue weighted by Gasteiger charge is -2.12. The number of rotatable bonds is 4. The highest BCUT2D eigenvalue weighted by Gasteiger charge is 2.20. The molecule has 0 fully saturated rings. The number of carbonyl (C=O) groups is 1. The Bertz CT molecular complexity index is 426. The Hall–Kier alpha value is -1.20. The predicted molar refractivity (Wildman–Crippen MR) is 59.7 cm³/mol. The molecule has 0 aliphatic carbocycles. The number of halogens is 3. The van der Waals surface area contributed by atoms with Gasteiger partial charge in [-0.3, -0.25) is 4.79 Å². The number of carbonyl (C=O) groups excluding carboxylic acids is 1. The molecule has 1 unspecified atom stereocenters. The Balaban J connectivity index is 2.88. The van der Waals surface area contributed by atoms with Crippen LogP contribution in [0.2, 0.25) is 5.02 Å². The van der Waals surface area contributed by atoms with Gasteiger partial charge in [0, 0.05) is 12.0 Å². The first-order valence-corrected chi connectivity index (χ1v) is 5.39. The van der Waals surface area contributed by atoms with Crippen molar-refractivity contribution >= 4 is 17.6 Å². The fourth-order valence-corrected chi connectivity index (χ4v) is 1.54. The van der Waals surface area contributed by atoms with E-state index in [1.807, 2.05) is 0 Å². The summed E-state index contributed by atoms with van der Waals surface area (Å²) in [5.74, 6) is -2.12. The number of nitrogens with two attached hydrogens (primary N) is 1. The van der Waals surface area contributed by atoms with E-state index in [1.54, 1.807) is 6.92 Å². The van der Waals surface area contributed by atoms with Gasteiger partial charge >= 0.3 is 5.97 Å². The van der Waals surface area contributed by atoms with Gasteiger partial charge in [-0.1, -0.05) is 11.6 Å². The first-order valence-electron chi connectivity index (χ1n) is 5.02. The van der Waals surface area contributed by atoms with E-state index in [4.69, 9.17) is 17.3 Å². The van der Waals surface area contributed by atoms with Crippen molar-refractivity contribution in [2.75, 3.05) is 6.61 Å². The lowest BCUT2D eigenvalue weighted by atomic mass is 10.1. The molecule has 0 bridgehead atoms. The smallest absolute Gasteiger partial charge is 0.323 e. The zero-order valence-electron chi connectivity index (χ0n) is 9.17. The predicted octanol–water partition coefficient (Wildman–Crippen LogP) is 2.05. The van der Waals surface area contributed by atoms with E-state index >= 15 is 0 Å². The molecule has 94 valence electrons. The zero-order chi connectivity index (χ0) is 13.0. The van der Waals surface area contributed by atoms with Crippen LogP contribution in [0.5, 0.6) is 0 Å². The average Bonchev–Trinajstić information content (AvgIpc) is 2.29. The van der Waals surface area contributed by atoms with Gasteiger partial charge in [-0.2, -0.15) is 0 Å². The highest BCUT2D eigenvalue weighted by Crippen LogP contribution is 2.23. The van der Waals surface area contributed by atoms with Gasteiger partial charge in [-0.25, -0.2) is 8.78 Å². The molecule has 0 aromatic heterocycles. The third-order valence-corrected chi connectivity index (χ3v) is 2.56. The molecule has 0 aliphatic heterocycles. The number of ether oxygens (including phenoxy) is 1. The quantitative estimate of drug-likeness (QED) is 0.668. The summed E-state index contributed by atoms with van der Waals surface area (Å²) in [5, 5.41) is -0.357. The molecule has 0 amide bonds. The molecule has 1 atom stereocenters. The van der Waals surface area contributed by atoms with Crippen LogP contribution in [0.4, 0.5) is 8.78 Å². The van der Waals surface area contributed by atoms with Gasteiger partial charge in [0.1, 0.15) is 17.7 Å². The first kappa shape index (κ1) is 13.9. The maximum absolute atomic E-state index is 13.4. The van der Waals surface area contributed by atoms with Gasteiger partial charge in [0.25, 0.3) is 0 Å². The minimum atomic E-state index is -1.07. The molecular weight excluding hydrogens is 252 g/mol. The summed E-state index contributed by atoms with van der Waals surface area (Å²) in [6, 6.07) is 0.787. The van der Waals surface area contributed by atoms with Crippen molar-refractivity contribution < 1.29 is 18.3 Å². The third kappa shape index (κ3) is 3.38. The number of esters is 1. The molecule has 0 radical (unpaired) electrons. The molecule has 17 heavy (non-hydrogen) atoms. The maximum Gasteiger partial charge on any atom is 0.323 e. The van der Waals surface area contributed by atoms with E-state index in [0.717, 1.165) is 12.1 Å². The number of benzene rings is 1. The van der Waals surface area contributed by atoms with Crippen LogP contribution >= 0.6 is 11.6 Å². The number of hydrogen-bond acceptors (Lipinski definition) is 3. The molecule has 0 saturated carbocycles. The lowest BCUT2D eigenvalue weighted by molar-refractivity contribution is -0.144. The van der Waals surface area contributed by atoms with Crippen molar-refractivity contribution in [3.8, 4) is 0 Å². The van der Waals surface area contributed by atoms with Gasteiger partial charge in [-0.05, 0) is 19.1 Å². The van der Waals surface area contributed by atoms with E-state index in [2.05, 4.69) is 4.74 Å². The van der Waals surface area contributed by atoms with Crippen molar-refractivity contribution in [3.63, 3.8) is 0 Å². The normalized spacial score (nSPS) is 12.3. The monoisotopic (exact) mass is 263 g/mol. The van der Waals surface area contributed by atoms with E-state index in [0.29, 0.717) is 0 Å². The Labute approximate surface area is 103 Å². The van der Waals surface area contributed by atoms with Gasteiger partial charge in [0.05, 0.1) is 11.6 Å². The van der Waals surface area contributed by atoms with Crippen molar-refractivity contribution in [3.05, 3.63) is 34.4 Å². The first-order chi connectivity index (χ1) is 7.97. The second kappa shape index (κ2) is 5.93. The molecule has 6 heteroatoms. The van der Waals surface area contributed by atoms with Crippen molar-refractivity contribution in [1.82, 2.24) is 0 Å². The standard InChI is InChI=1S/C11H12ClF2NO2/c1-2-17-11(16)9(15)5-6-7(13)3-4-8(14)10(6)12/h3-4,9H,2,5,15H2,1H3. The van der Waals surface area contributed by atoms with Gasteiger partial charge in [0.15, 0.2) is 0 Å². The molecule has 0 saturated heterocycles. The minimum absolute atomic E-state index is 0.118.